The van der Waals surface area contributed by atoms with E-state index in [0.717, 1.165) is 12.2 Å². The zero-order valence-corrected chi connectivity index (χ0v) is 11.3. The van der Waals surface area contributed by atoms with Gasteiger partial charge in [-0.2, -0.15) is 0 Å². The van der Waals surface area contributed by atoms with Gasteiger partial charge in [0.15, 0.2) is 0 Å². The van der Waals surface area contributed by atoms with Crippen molar-refractivity contribution >= 4 is 11.6 Å². The standard InChI is InChI=1S/C14H22N2O/c1-6-15-14(4,5)13(17)16-12-8-7-10(2)11(3)9-12/h7-9,15H,6H2,1-5H3,(H,16,17). The summed E-state index contributed by atoms with van der Waals surface area (Å²) < 4.78 is 0. The number of nitrogens with one attached hydrogen (secondary N) is 2. The van der Waals surface area contributed by atoms with E-state index in [-0.39, 0.29) is 5.91 Å². The normalized spacial score (nSPS) is 11.4. The molecule has 17 heavy (non-hydrogen) atoms. The van der Waals surface area contributed by atoms with Gasteiger partial charge >= 0.3 is 0 Å². The largest absolute Gasteiger partial charge is 0.324 e. The Bertz CT molecular complexity index is 411. The molecule has 1 amide bonds. The number of carbonyl (C=O) groups excluding carboxylic acids is 1. The first-order valence-electron chi connectivity index (χ1n) is 6.00. The molecule has 0 unspecified atom stereocenters. The van der Waals surface area contributed by atoms with Crippen molar-refractivity contribution < 1.29 is 4.79 Å². The molecule has 0 fully saturated rings. The van der Waals surface area contributed by atoms with Gasteiger partial charge in [0.2, 0.25) is 5.91 Å². The van der Waals surface area contributed by atoms with Crippen LogP contribution in [0.2, 0.25) is 0 Å². The Labute approximate surface area is 104 Å². The van der Waals surface area contributed by atoms with Gasteiger partial charge < -0.3 is 10.6 Å². The maximum Gasteiger partial charge on any atom is 0.244 e. The van der Waals surface area contributed by atoms with Gasteiger partial charge in [0.1, 0.15) is 0 Å². The Morgan fingerprint density at radius 2 is 1.88 bits per heavy atom. The molecule has 1 aromatic carbocycles. The Balaban J connectivity index is 2.77. The van der Waals surface area contributed by atoms with Gasteiger partial charge in [0, 0.05) is 5.69 Å². The van der Waals surface area contributed by atoms with Gasteiger partial charge in [-0.05, 0) is 57.5 Å². The Morgan fingerprint density at radius 3 is 2.41 bits per heavy atom. The summed E-state index contributed by atoms with van der Waals surface area (Å²) >= 11 is 0. The molecule has 0 bridgehead atoms. The summed E-state index contributed by atoms with van der Waals surface area (Å²) in [5, 5.41) is 6.09. The first-order valence-corrected chi connectivity index (χ1v) is 6.00. The number of anilines is 1. The number of amides is 1. The van der Waals surface area contributed by atoms with Crippen LogP contribution < -0.4 is 10.6 Å². The molecular formula is C14H22N2O. The van der Waals surface area contributed by atoms with Crippen molar-refractivity contribution in [2.75, 3.05) is 11.9 Å². The SMILES string of the molecule is CCNC(C)(C)C(=O)Nc1ccc(C)c(C)c1. The zero-order chi connectivity index (χ0) is 13.1. The van der Waals surface area contributed by atoms with Crippen LogP contribution in [0.1, 0.15) is 31.9 Å². The molecule has 0 saturated carbocycles. The summed E-state index contributed by atoms with van der Waals surface area (Å²) in [6.07, 6.45) is 0. The van der Waals surface area contributed by atoms with Crippen LogP contribution in [0.25, 0.3) is 0 Å². The topological polar surface area (TPSA) is 41.1 Å². The third-order valence-corrected chi connectivity index (χ3v) is 2.95. The van der Waals surface area contributed by atoms with Gasteiger partial charge in [0.05, 0.1) is 5.54 Å². The second kappa shape index (κ2) is 5.32. The molecule has 0 aliphatic heterocycles. The lowest BCUT2D eigenvalue weighted by Crippen LogP contribution is -2.49. The molecular weight excluding hydrogens is 212 g/mol. The molecule has 0 saturated heterocycles. The lowest BCUT2D eigenvalue weighted by molar-refractivity contribution is -0.121. The molecule has 0 spiro atoms. The van der Waals surface area contributed by atoms with Crippen molar-refractivity contribution in [2.45, 2.75) is 40.2 Å². The number of rotatable bonds is 4. The predicted octanol–water partition coefficient (Wildman–Crippen LogP) is 2.63. The summed E-state index contributed by atoms with van der Waals surface area (Å²) in [6.45, 7) is 10.6. The number of carbonyl (C=O) groups is 1. The van der Waals surface area contributed by atoms with Crippen LogP contribution in [0.3, 0.4) is 0 Å². The number of benzene rings is 1. The van der Waals surface area contributed by atoms with Crippen molar-refractivity contribution in [1.82, 2.24) is 5.32 Å². The molecule has 1 aromatic rings. The molecule has 1 rings (SSSR count). The fourth-order valence-corrected chi connectivity index (χ4v) is 1.63. The molecule has 0 aliphatic carbocycles. The average molecular weight is 234 g/mol. The van der Waals surface area contributed by atoms with Crippen LogP contribution in [0, 0.1) is 13.8 Å². The van der Waals surface area contributed by atoms with Crippen molar-refractivity contribution in [2.24, 2.45) is 0 Å². The summed E-state index contributed by atoms with van der Waals surface area (Å²) in [5.41, 5.74) is 2.72. The molecule has 0 heterocycles. The van der Waals surface area contributed by atoms with Gasteiger partial charge in [-0.15, -0.1) is 0 Å². The van der Waals surface area contributed by atoms with E-state index in [2.05, 4.69) is 17.6 Å². The van der Waals surface area contributed by atoms with Crippen molar-refractivity contribution in [3.05, 3.63) is 29.3 Å². The summed E-state index contributed by atoms with van der Waals surface area (Å²) in [7, 11) is 0. The van der Waals surface area contributed by atoms with Crippen molar-refractivity contribution in [1.29, 1.82) is 0 Å². The van der Waals surface area contributed by atoms with Gasteiger partial charge in [-0.1, -0.05) is 13.0 Å². The second-order valence-electron chi connectivity index (χ2n) is 4.91. The third-order valence-electron chi connectivity index (χ3n) is 2.95. The number of aryl methyl sites for hydroxylation is 2. The summed E-state index contributed by atoms with van der Waals surface area (Å²) in [4.78, 5) is 12.0. The molecule has 0 atom stereocenters. The minimum absolute atomic E-state index is 0.0115. The first kappa shape index (κ1) is 13.7. The highest BCUT2D eigenvalue weighted by molar-refractivity contribution is 5.97. The number of hydrogen-bond acceptors (Lipinski definition) is 2. The summed E-state index contributed by atoms with van der Waals surface area (Å²) in [6, 6.07) is 5.95. The lowest BCUT2D eigenvalue weighted by Gasteiger charge is -2.24. The molecule has 3 nitrogen and oxygen atoms in total. The van der Waals surface area contributed by atoms with Crippen LogP contribution in [0.15, 0.2) is 18.2 Å². The Kier molecular flexibility index (Phi) is 4.29. The molecule has 3 heteroatoms. The van der Waals surface area contributed by atoms with Crippen molar-refractivity contribution in [3.63, 3.8) is 0 Å². The smallest absolute Gasteiger partial charge is 0.244 e. The monoisotopic (exact) mass is 234 g/mol. The fourth-order valence-electron chi connectivity index (χ4n) is 1.63. The molecule has 0 aromatic heterocycles. The third kappa shape index (κ3) is 3.56. The Hall–Kier alpha value is -1.35. The highest BCUT2D eigenvalue weighted by atomic mass is 16.2. The fraction of sp³-hybridized carbons (Fsp3) is 0.500. The number of likely N-dealkylation sites (N-methyl/N-ethyl adjacent to an activating group) is 1. The minimum Gasteiger partial charge on any atom is -0.324 e. The van der Waals surface area contributed by atoms with E-state index in [1.807, 2.05) is 45.9 Å². The van der Waals surface area contributed by atoms with Crippen molar-refractivity contribution in [3.8, 4) is 0 Å². The van der Waals surface area contributed by atoms with Crippen LogP contribution in [0.4, 0.5) is 5.69 Å². The quantitative estimate of drug-likeness (QED) is 0.841. The van der Waals surface area contributed by atoms with E-state index in [0.29, 0.717) is 0 Å². The molecule has 0 radical (unpaired) electrons. The molecule has 0 aliphatic rings. The van der Waals surface area contributed by atoms with E-state index >= 15 is 0 Å². The van der Waals surface area contributed by atoms with E-state index in [4.69, 9.17) is 0 Å². The molecule has 2 N–H and O–H groups in total. The van der Waals surface area contributed by atoms with Crippen LogP contribution in [-0.4, -0.2) is 18.0 Å². The maximum atomic E-state index is 12.0. The Morgan fingerprint density at radius 1 is 1.24 bits per heavy atom. The van der Waals surface area contributed by atoms with Gasteiger partial charge in [0.25, 0.3) is 0 Å². The zero-order valence-electron chi connectivity index (χ0n) is 11.3. The van der Waals surface area contributed by atoms with E-state index in [1.54, 1.807) is 0 Å². The van der Waals surface area contributed by atoms with Gasteiger partial charge in [-0.25, -0.2) is 0 Å². The predicted molar refractivity (Wildman–Crippen MR) is 72.3 cm³/mol. The van der Waals surface area contributed by atoms with Crippen LogP contribution in [0.5, 0.6) is 0 Å². The highest BCUT2D eigenvalue weighted by Gasteiger charge is 2.26. The average Bonchev–Trinajstić information content (AvgIpc) is 2.23. The van der Waals surface area contributed by atoms with Crippen LogP contribution >= 0.6 is 0 Å². The number of hydrogen-bond donors (Lipinski definition) is 2. The van der Waals surface area contributed by atoms with Crippen LogP contribution in [-0.2, 0) is 4.79 Å². The second-order valence-corrected chi connectivity index (χ2v) is 4.91. The minimum atomic E-state index is -0.548. The summed E-state index contributed by atoms with van der Waals surface area (Å²) in [5.74, 6) is -0.0115. The van der Waals surface area contributed by atoms with E-state index < -0.39 is 5.54 Å². The first-order chi connectivity index (χ1) is 7.86. The maximum absolute atomic E-state index is 12.0. The lowest BCUT2D eigenvalue weighted by atomic mass is 10.0. The highest BCUT2D eigenvalue weighted by Crippen LogP contribution is 2.15. The van der Waals surface area contributed by atoms with Gasteiger partial charge in [-0.3, -0.25) is 4.79 Å². The van der Waals surface area contributed by atoms with E-state index in [1.165, 1.54) is 11.1 Å². The molecule has 94 valence electrons. The van der Waals surface area contributed by atoms with E-state index in [9.17, 15) is 4.79 Å².